The first-order valence-electron chi connectivity index (χ1n) is 7.52. The highest BCUT2D eigenvalue weighted by Gasteiger charge is 2.14. The van der Waals surface area contributed by atoms with Crippen LogP contribution in [0.5, 0.6) is 17.2 Å². The fraction of sp³-hybridized carbons (Fsp3) is 0.222. The van der Waals surface area contributed by atoms with Gasteiger partial charge in [-0.2, -0.15) is 4.99 Å². The number of aryl methyl sites for hydroxylation is 1. The second-order valence-electron chi connectivity index (χ2n) is 5.26. The van der Waals surface area contributed by atoms with E-state index in [1.807, 2.05) is 29.8 Å². The highest BCUT2D eigenvalue weighted by molar-refractivity contribution is 7.16. The van der Waals surface area contributed by atoms with Crippen molar-refractivity contribution >= 4 is 27.5 Å². The largest absolute Gasteiger partial charge is 0.497 e. The Morgan fingerprint density at radius 1 is 1.00 bits per heavy atom. The molecule has 1 heterocycles. The normalized spacial score (nSPS) is 11.6. The van der Waals surface area contributed by atoms with E-state index in [4.69, 9.17) is 14.2 Å². The van der Waals surface area contributed by atoms with E-state index in [0.717, 1.165) is 16.0 Å². The molecular weight excluding hydrogens is 340 g/mol. The molecule has 0 unspecified atom stereocenters. The van der Waals surface area contributed by atoms with Crippen LogP contribution in [0.1, 0.15) is 10.4 Å². The molecule has 2 aromatic carbocycles. The monoisotopic (exact) mass is 358 g/mol. The van der Waals surface area contributed by atoms with Crippen LogP contribution in [0.2, 0.25) is 0 Å². The summed E-state index contributed by atoms with van der Waals surface area (Å²) in [5.41, 5.74) is 1.37. The zero-order valence-corrected chi connectivity index (χ0v) is 15.2. The third-order valence-corrected chi connectivity index (χ3v) is 4.95. The fourth-order valence-electron chi connectivity index (χ4n) is 2.47. The van der Waals surface area contributed by atoms with Crippen LogP contribution >= 0.6 is 11.3 Å². The van der Waals surface area contributed by atoms with Crippen LogP contribution in [0.3, 0.4) is 0 Å². The maximum Gasteiger partial charge on any atom is 0.283 e. The van der Waals surface area contributed by atoms with Gasteiger partial charge in [-0.3, -0.25) is 4.79 Å². The highest BCUT2D eigenvalue weighted by Crippen LogP contribution is 2.26. The van der Waals surface area contributed by atoms with E-state index in [1.165, 1.54) is 18.4 Å². The van der Waals surface area contributed by atoms with Crippen molar-refractivity contribution in [3.63, 3.8) is 0 Å². The second kappa shape index (κ2) is 6.98. The number of hydrogen-bond donors (Lipinski definition) is 0. The Balaban J connectivity index is 2.07. The van der Waals surface area contributed by atoms with Gasteiger partial charge in [0.2, 0.25) is 0 Å². The molecule has 0 atom stereocenters. The van der Waals surface area contributed by atoms with E-state index >= 15 is 0 Å². The average molecular weight is 358 g/mol. The smallest absolute Gasteiger partial charge is 0.283 e. The summed E-state index contributed by atoms with van der Waals surface area (Å²) < 4.78 is 18.6. The maximum absolute atomic E-state index is 12.6. The zero-order chi connectivity index (χ0) is 18.0. The molecule has 0 saturated carbocycles. The first-order valence-corrected chi connectivity index (χ1v) is 8.33. The number of carbonyl (C=O) groups is 1. The van der Waals surface area contributed by atoms with Crippen LogP contribution in [0.4, 0.5) is 0 Å². The minimum absolute atomic E-state index is 0.367. The number of carbonyl (C=O) groups excluding carboxylic acids is 1. The Labute approximate surface area is 148 Å². The van der Waals surface area contributed by atoms with Crippen molar-refractivity contribution in [3.8, 4) is 17.2 Å². The molecule has 0 fully saturated rings. The molecule has 7 heteroatoms. The summed E-state index contributed by atoms with van der Waals surface area (Å²) >= 11 is 1.43. The lowest BCUT2D eigenvalue weighted by Crippen LogP contribution is -2.13. The number of methoxy groups -OCH3 is 3. The molecule has 0 aliphatic rings. The highest BCUT2D eigenvalue weighted by atomic mass is 32.1. The summed E-state index contributed by atoms with van der Waals surface area (Å²) in [6.45, 7) is 0. The number of amides is 1. The van der Waals surface area contributed by atoms with E-state index in [2.05, 4.69) is 4.99 Å². The van der Waals surface area contributed by atoms with Crippen molar-refractivity contribution in [2.24, 2.45) is 12.0 Å². The molecular formula is C18H18N2O4S. The van der Waals surface area contributed by atoms with Gasteiger partial charge in [-0.1, -0.05) is 11.3 Å². The molecule has 3 aromatic rings. The van der Waals surface area contributed by atoms with Crippen molar-refractivity contribution in [2.75, 3.05) is 21.3 Å². The van der Waals surface area contributed by atoms with Crippen molar-refractivity contribution < 1.29 is 19.0 Å². The average Bonchev–Trinajstić information content (AvgIpc) is 2.95. The predicted molar refractivity (Wildman–Crippen MR) is 96.8 cm³/mol. The lowest BCUT2D eigenvalue weighted by atomic mass is 10.2. The first kappa shape index (κ1) is 17.0. The molecule has 0 bridgehead atoms. The molecule has 25 heavy (non-hydrogen) atoms. The van der Waals surface area contributed by atoms with Gasteiger partial charge in [0.1, 0.15) is 17.2 Å². The van der Waals surface area contributed by atoms with Gasteiger partial charge in [-0.15, -0.1) is 0 Å². The number of benzene rings is 2. The molecule has 1 aromatic heterocycles. The van der Waals surface area contributed by atoms with Gasteiger partial charge < -0.3 is 18.8 Å². The van der Waals surface area contributed by atoms with Gasteiger partial charge in [0, 0.05) is 13.1 Å². The Morgan fingerprint density at radius 3 is 2.36 bits per heavy atom. The molecule has 0 N–H and O–H groups in total. The Hall–Kier alpha value is -2.80. The van der Waals surface area contributed by atoms with Crippen LogP contribution < -0.4 is 19.0 Å². The summed E-state index contributed by atoms with van der Waals surface area (Å²) in [4.78, 5) is 17.5. The Morgan fingerprint density at radius 2 is 1.68 bits per heavy atom. The molecule has 3 rings (SSSR count). The lowest BCUT2D eigenvalue weighted by molar-refractivity contribution is 0.0995. The summed E-state index contributed by atoms with van der Waals surface area (Å²) in [5, 5.41) is 0. The molecule has 130 valence electrons. The summed E-state index contributed by atoms with van der Waals surface area (Å²) in [7, 11) is 6.58. The summed E-state index contributed by atoms with van der Waals surface area (Å²) in [5.74, 6) is 1.45. The molecule has 0 aliphatic carbocycles. The van der Waals surface area contributed by atoms with Gasteiger partial charge in [0.25, 0.3) is 5.91 Å². The van der Waals surface area contributed by atoms with Crippen molar-refractivity contribution in [2.45, 2.75) is 0 Å². The van der Waals surface area contributed by atoms with Crippen LogP contribution in [-0.4, -0.2) is 31.8 Å². The van der Waals surface area contributed by atoms with Crippen LogP contribution in [0.15, 0.2) is 41.4 Å². The SMILES string of the molecule is COc1ccc(C(=O)N=c2sc3cc(OC)ccc3n2C)c(OC)c1. The molecule has 0 radical (unpaired) electrons. The molecule has 0 spiro atoms. The number of ether oxygens (including phenoxy) is 3. The van der Waals surface area contributed by atoms with Crippen molar-refractivity contribution in [1.82, 2.24) is 4.57 Å². The Kier molecular flexibility index (Phi) is 4.76. The number of thiazole rings is 1. The van der Waals surface area contributed by atoms with E-state index in [9.17, 15) is 4.79 Å². The van der Waals surface area contributed by atoms with Gasteiger partial charge in [0.05, 0.1) is 37.1 Å². The van der Waals surface area contributed by atoms with Gasteiger partial charge in [-0.25, -0.2) is 0 Å². The number of fused-ring (bicyclic) bond motifs is 1. The van der Waals surface area contributed by atoms with Gasteiger partial charge in [0.15, 0.2) is 4.80 Å². The number of nitrogens with zero attached hydrogens (tertiary/aromatic N) is 2. The third-order valence-electron chi connectivity index (χ3n) is 3.85. The molecule has 1 amide bonds. The van der Waals surface area contributed by atoms with Gasteiger partial charge in [-0.05, 0) is 30.3 Å². The van der Waals surface area contributed by atoms with Crippen LogP contribution in [0, 0.1) is 0 Å². The number of rotatable bonds is 4. The van der Waals surface area contributed by atoms with E-state index in [-0.39, 0.29) is 5.91 Å². The molecule has 0 aliphatic heterocycles. The predicted octanol–water partition coefficient (Wildman–Crippen LogP) is 3.01. The first-order chi connectivity index (χ1) is 12.1. The number of hydrogen-bond acceptors (Lipinski definition) is 5. The minimum Gasteiger partial charge on any atom is -0.497 e. The lowest BCUT2D eigenvalue weighted by Gasteiger charge is -2.07. The zero-order valence-electron chi connectivity index (χ0n) is 14.4. The van der Waals surface area contributed by atoms with E-state index in [0.29, 0.717) is 21.9 Å². The van der Waals surface area contributed by atoms with Crippen LogP contribution in [-0.2, 0) is 7.05 Å². The number of aromatic nitrogens is 1. The maximum atomic E-state index is 12.6. The van der Waals surface area contributed by atoms with Crippen LogP contribution in [0.25, 0.3) is 10.2 Å². The van der Waals surface area contributed by atoms with E-state index < -0.39 is 0 Å². The fourth-order valence-corrected chi connectivity index (χ4v) is 3.52. The minimum atomic E-state index is -0.367. The topological polar surface area (TPSA) is 62.0 Å². The van der Waals surface area contributed by atoms with E-state index in [1.54, 1.807) is 32.4 Å². The van der Waals surface area contributed by atoms with Gasteiger partial charge >= 0.3 is 0 Å². The molecule has 6 nitrogen and oxygen atoms in total. The summed E-state index contributed by atoms with van der Waals surface area (Å²) in [6.07, 6.45) is 0. The quantitative estimate of drug-likeness (QED) is 0.719. The second-order valence-corrected chi connectivity index (χ2v) is 6.27. The van der Waals surface area contributed by atoms with Crippen molar-refractivity contribution in [3.05, 3.63) is 46.8 Å². The summed E-state index contributed by atoms with van der Waals surface area (Å²) in [6, 6.07) is 10.8. The third kappa shape index (κ3) is 3.23. The Bertz CT molecular complexity index is 1000. The van der Waals surface area contributed by atoms with Crippen molar-refractivity contribution in [1.29, 1.82) is 0 Å². The standard InChI is InChI=1S/C18H18N2O4S/c1-20-14-8-6-12(23-3)10-16(14)25-18(20)19-17(21)13-7-5-11(22-2)9-15(13)24-4/h5-10H,1-4H3. The molecule has 0 saturated heterocycles.